The van der Waals surface area contributed by atoms with Crippen LogP contribution in [0.25, 0.3) is 0 Å². The Labute approximate surface area is 57.0 Å². The van der Waals surface area contributed by atoms with Gasteiger partial charge in [-0.3, -0.25) is 4.79 Å². The lowest BCUT2D eigenvalue weighted by Crippen LogP contribution is -2.44. The predicted octanol–water partition coefficient (Wildman–Crippen LogP) is -1.18. The number of nitrogens with one attached hydrogen (secondary N) is 1. The average molecular weight is 146 g/mol. The normalized spacial score (nSPS) is 36.1. The molecule has 1 heterocycles. The van der Waals surface area contributed by atoms with Crippen molar-refractivity contribution in [3.8, 4) is 0 Å². The summed E-state index contributed by atoms with van der Waals surface area (Å²) in [7, 11) is 0. The van der Waals surface area contributed by atoms with Crippen LogP contribution < -0.4 is 5.32 Å². The Morgan fingerprint density at radius 2 is 2.56 bits per heavy atom. The Hall–Kier alpha value is -0.0600. The van der Waals surface area contributed by atoms with Crippen LogP contribution in [0.1, 0.15) is 0 Å². The van der Waals surface area contributed by atoms with Crippen LogP contribution in [0.5, 0.6) is 0 Å². The Bertz CT molecular complexity index is 109. The lowest BCUT2D eigenvalue weighted by atomic mass is 10.4. The van der Waals surface area contributed by atoms with Crippen LogP contribution in [0.2, 0.25) is 0 Å². The minimum atomic E-state index is -0.964. The molecule has 2 atom stereocenters. The van der Waals surface area contributed by atoms with Crippen molar-refractivity contribution in [1.29, 1.82) is 0 Å². The number of hydrogen-bond donors (Lipinski definition) is 1. The first-order chi connectivity index (χ1) is 4.34. The molecule has 1 rings (SSSR count). The quantitative estimate of drug-likeness (QED) is 0.474. The van der Waals surface area contributed by atoms with Gasteiger partial charge in [-0.05, 0) is 11.2 Å². The van der Waals surface area contributed by atoms with E-state index in [1.165, 1.54) is 0 Å². The first-order valence-electron chi connectivity index (χ1n) is 2.80. The fourth-order valence-corrected chi connectivity index (χ4v) is 1.78. The van der Waals surface area contributed by atoms with E-state index in [0.717, 1.165) is 6.54 Å². The van der Waals surface area contributed by atoms with Crippen molar-refractivity contribution in [2.45, 2.75) is 5.25 Å². The third-order valence-electron chi connectivity index (χ3n) is 1.26. The van der Waals surface area contributed by atoms with Crippen LogP contribution in [-0.2, 0) is 16.0 Å². The van der Waals surface area contributed by atoms with Gasteiger partial charge in [0, 0.05) is 6.54 Å². The fourth-order valence-electron chi connectivity index (χ4n) is 0.736. The van der Waals surface area contributed by atoms with E-state index < -0.39 is 16.4 Å². The molecule has 0 amide bonds. The minimum Gasteiger partial charge on any atom is -0.616 e. The Morgan fingerprint density at radius 3 is 3.00 bits per heavy atom. The van der Waals surface area contributed by atoms with Crippen molar-refractivity contribution in [1.82, 2.24) is 5.32 Å². The molecule has 1 aliphatic rings. The SMILES string of the molecule is O=[C]C1CNCC[S+]1[O-]. The van der Waals surface area contributed by atoms with E-state index in [1.54, 1.807) is 6.29 Å². The van der Waals surface area contributed by atoms with Gasteiger partial charge in [0.25, 0.3) is 6.29 Å². The van der Waals surface area contributed by atoms with Crippen molar-refractivity contribution >= 4 is 17.5 Å². The Balaban J connectivity index is 2.38. The van der Waals surface area contributed by atoms with Gasteiger partial charge in [0.05, 0.1) is 6.54 Å². The molecule has 1 N–H and O–H groups in total. The van der Waals surface area contributed by atoms with E-state index in [1.807, 2.05) is 0 Å². The van der Waals surface area contributed by atoms with Crippen LogP contribution >= 0.6 is 0 Å². The average Bonchev–Trinajstić information content (AvgIpc) is 1.89. The molecule has 4 heteroatoms. The Morgan fingerprint density at radius 1 is 1.78 bits per heavy atom. The first kappa shape index (κ1) is 7.05. The number of carbonyl (C=O) groups excluding carboxylic acids is 1. The van der Waals surface area contributed by atoms with Gasteiger partial charge in [-0.2, -0.15) is 0 Å². The van der Waals surface area contributed by atoms with Crippen molar-refractivity contribution in [2.75, 3.05) is 18.8 Å². The van der Waals surface area contributed by atoms with E-state index in [4.69, 9.17) is 0 Å². The summed E-state index contributed by atoms with van der Waals surface area (Å²) in [4.78, 5) is 10.0. The van der Waals surface area contributed by atoms with Crippen molar-refractivity contribution in [2.24, 2.45) is 0 Å². The van der Waals surface area contributed by atoms with E-state index in [9.17, 15) is 9.35 Å². The van der Waals surface area contributed by atoms with Crippen LogP contribution in [0.3, 0.4) is 0 Å². The molecule has 1 saturated heterocycles. The summed E-state index contributed by atoms with van der Waals surface area (Å²) in [5, 5.41) is 2.57. The highest BCUT2D eigenvalue weighted by atomic mass is 32.2. The second-order valence-electron chi connectivity index (χ2n) is 1.90. The largest absolute Gasteiger partial charge is 0.616 e. The second-order valence-corrected chi connectivity index (χ2v) is 3.63. The van der Waals surface area contributed by atoms with Crippen molar-refractivity contribution < 1.29 is 9.35 Å². The third kappa shape index (κ3) is 1.67. The van der Waals surface area contributed by atoms with Gasteiger partial charge < -0.3 is 9.87 Å². The molecule has 51 valence electrons. The molecule has 1 aliphatic heterocycles. The summed E-state index contributed by atoms with van der Waals surface area (Å²) in [6.45, 7) is 1.28. The van der Waals surface area contributed by atoms with Crippen LogP contribution in [0.4, 0.5) is 0 Å². The summed E-state index contributed by atoms with van der Waals surface area (Å²) in [5.74, 6) is 0.583. The molecule has 0 spiro atoms. The third-order valence-corrected chi connectivity index (χ3v) is 2.76. The molecule has 0 aromatic heterocycles. The van der Waals surface area contributed by atoms with E-state index >= 15 is 0 Å². The summed E-state index contributed by atoms with van der Waals surface area (Å²) >= 11 is -0.964. The van der Waals surface area contributed by atoms with Gasteiger partial charge in [0.1, 0.15) is 5.75 Å². The van der Waals surface area contributed by atoms with Crippen LogP contribution in [-0.4, -0.2) is 34.9 Å². The highest BCUT2D eigenvalue weighted by Crippen LogP contribution is 2.02. The molecule has 0 saturated carbocycles. The summed E-state index contributed by atoms with van der Waals surface area (Å²) in [6, 6.07) is 0. The lowest BCUT2D eigenvalue weighted by molar-refractivity contribution is 0.531. The number of hydrogen-bond acceptors (Lipinski definition) is 3. The number of rotatable bonds is 1. The van der Waals surface area contributed by atoms with E-state index in [2.05, 4.69) is 5.32 Å². The van der Waals surface area contributed by atoms with Crippen LogP contribution in [0.15, 0.2) is 0 Å². The van der Waals surface area contributed by atoms with Crippen LogP contribution in [0, 0.1) is 0 Å². The molecule has 1 fully saturated rings. The molecule has 9 heavy (non-hydrogen) atoms. The molecule has 0 bridgehead atoms. The van der Waals surface area contributed by atoms with Gasteiger partial charge in [0.15, 0.2) is 5.25 Å². The fraction of sp³-hybridized carbons (Fsp3) is 0.800. The van der Waals surface area contributed by atoms with E-state index in [-0.39, 0.29) is 0 Å². The maximum atomic E-state index is 10.8. The summed E-state index contributed by atoms with van der Waals surface area (Å²) in [6.07, 6.45) is 1.74. The predicted molar refractivity (Wildman–Crippen MR) is 35.4 cm³/mol. The maximum absolute atomic E-state index is 10.8. The first-order valence-corrected chi connectivity index (χ1v) is 4.18. The van der Waals surface area contributed by atoms with Gasteiger partial charge in [-0.15, -0.1) is 0 Å². The second kappa shape index (κ2) is 3.20. The monoisotopic (exact) mass is 146 g/mol. The molecule has 2 unspecified atom stereocenters. The topological polar surface area (TPSA) is 52.2 Å². The standard InChI is InChI=1S/C5H8NO2S/c7-4-5-3-6-1-2-9(5)8/h5-6H,1-3H2. The minimum absolute atomic E-state index is 0.390. The van der Waals surface area contributed by atoms with Gasteiger partial charge in [-0.1, -0.05) is 0 Å². The summed E-state index contributed by atoms with van der Waals surface area (Å²) < 4.78 is 10.8. The summed E-state index contributed by atoms with van der Waals surface area (Å²) in [5.41, 5.74) is 0. The zero-order valence-electron chi connectivity index (χ0n) is 4.92. The molecule has 0 aromatic carbocycles. The molecular weight excluding hydrogens is 138 g/mol. The maximum Gasteiger partial charge on any atom is 0.257 e. The van der Waals surface area contributed by atoms with Gasteiger partial charge in [-0.25, -0.2) is 0 Å². The van der Waals surface area contributed by atoms with Crippen molar-refractivity contribution in [3.05, 3.63) is 0 Å². The lowest BCUT2D eigenvalue weighted by Gasteiger charge is -2.21. The zero-order chi connectivity index (χ0) is 6.69. The van der Waals surface area contributed by atoms with Gasteiger partial charge in [0.2, 0.25) is 0 Å². The van der Waals surface area contributed by atoms with Gasteiger partial charge >= 0.3 is 0 Å². The molecule has 0 aromatic rings. The molecular formula is C5H8NO2S. The molecule has 1 radical (unpaired) electrons. The Kier molecular flexibility index (Phi) is 2.50. The smallest absolute Gasteiger partial charge is 0.257 e. The molecule has 0 aliphatic carbocycles. The van der Waals surface area contributed by atoms with E-state index in [0.29, 0.717) is 12.3 Å². The highest BCUT2D eigenvalue weighted by molar-refractivity contribution is 7.92. The van der Waals surface area contributed by atoms with Crippen molar-refractivity contribution in [3.63, 3.8) is 0 Å². The zero-order valence-corrected chi connectivity index (χ0v) is 5.74. The highest BCUT2D eigenvalue weighted by Gasteiger charge is 2.25. The molecule has 3 nitrogen and oxygen atoms in total.